The van der Waals surface area contributed by atoms with Crippen LogP contribution in [0.3, 0.4) is 0 Å². The zero-order valence-corrected chi connectivity index (χ0v) is 39.2. The van der Waals surface area contributed by atoms with Crippen LogP contribution in [0.15, 0.2) is 18.2 Å². The molecule has 70 heavy (non-hydrogen) atoms. The molecular formula is C46H45F7N4O12S. The number of aromatic hydroxyl groups is 1. The van der Waals surface area contributed by atoms with Crippen LogP contribution in [0.25, 0.3) is 0 Å². The van der Waals surface area contributed by atoms with Crippen molar-refractivity contribution in [2.24, 2.45) is 0 Å². The number of rotatable bonds is 8. The molecule has 376 valence electrons. The Morgan fingerprint density at radius 3 is 2.34 bits per heavy atom. The van der Waals surface area contributed by atoms with E-state index in [0.717, 1.165) is 17.3 Å². The molecule has 1 spiro atoms. The highest BCUT2D eigenvalue weighted by molar-refractivity contribution is 7.99. The van der Waals surface area contributed by atoms with Gasteiger partial charge in [0.15, 0.2) is 52.4 Å². The SMILES string of the molecule is COc1cc2c(cc1OC(=O)OC(C)(C)C)CCN[C@]21CS[C@@H]2c3c(OOCC(F)(F)C(F)(F)C(F)(F)F)c(C)c4c(c3[C@H](COC1=O)N1C2[C@H]2c3c(cc(C)c(OC)c3O)C3[C@@H]([C@@H]1C#N)N32)OCO4. The Hall–Kier alpha value is -5.61. The van der Waals surface area contributed by atoms with Crippen LogP contribution >= 0.6 is 11.8 Å². The van der Waals surface area contributed by atoms with Gasteiger partial charge in [0.05, 0.1) is 49.7 Å². The molecule has 24 heteroatoms. The number of carbonyl (C=O) groups excluding carboxylic acids is 2. The van der Waals surface area contributed by atoms with E-state index in [9.17, 15) is 45.9 Å². The van der Waals surface area contributed by atoms with Crippen molar-refractivity contribution in [1.29, 1.82) is 5.26 Å². The van der Waals surface area contributed by atoms with Crippen LogP contribution in [-0.4, -0.2) is 115 Å². The number of alkyl halides is 7. The Morgan fingerprint density at radius 1 is 0.943 bits per heavy atom. The second-order valence-corrected chi connectivity index (χ2v) is 20.2. The summed E-state index contributed by atoms with van der Waals surface area (Å²) in [5.41, 5.74) is 0.517. The number of piperazine rings is 1. The normalized spacial score (nSPS) is 28.3. The van der Waals surface area contributed by atoms with Crippen molar-refractivity contribution in [2.75, 3.05) is 46.5 Å². The highest BCUT2D eigenvalue weighted by Gasteiger charge is 2.74. The number of nitriles is 1. The van der Waals surface area contributed by atoms with Gasteiger partial charge in [-0.2, -0.15) is 40.9 Å². The number of benzene rings is 3. The van der Waals surface area contributed by atoms with Crippen molar-refractivity contribution < 1.29 is 88.4 Å². The second-order valence-electron chi connectivity index (χ2n) is 19.0. The number of hydrogen-bond donors (Lipinski definition) is 2. The maximum Gasteiger partial charge on any atom is 0.514 e. The van der Waals surface area contributed by atoms with E-state index in [2.05, 4.69) is 16.3 Å². The summed E-state index contributed by atoms with van der Waals surface area (Å²) in [6, 6.07) is 2.87. The number of hydrogen-bond acceptors (Lipinski definition) is 17. The number of aryl methyl sites for hydroxylation is 1. The maximum absolute atomic E-state index is 15.0. The Labute approximate surface area is 399 Å². The first-order valence-electron chi connectivity index (χ1n) is 22.0. The highest BCUT2D eigenvalue weighted by atomic mass is 32.2. The van der Waals surface area contributed by atoms with E-state index in [1.54, 1.807) is 33.8 Å². The smallest absolute Gasteiger partial charge is 0.504 e. The van der Waals surface area contributed by atoms with Crippen LogP contribution in [0.5, 0.6) is 40.2 Å². The van der Waals surface area contributed by atoms with Gasteiger partial charge in [-0.15, -0.1) is 11.8 Å². The molecular weight excluding hydrogens is 966 g/mol. The minimum absolute atomic E-state index is 0.00157. The summed E-state index contributed by atoms with van der Waals surface area (Å²) in [4.78, 5) is 42.1. The number of phenols is 1. The number of carbonyl (C=O) groups is 2. The number of methoxy groups -OCH3 is 2. The standard InChI is InChI=1S/C46H45F7N4O12S/c1-18-10-21-27(34(58)35(18)62-7)32-33-39-29-28(38-37(64-17-65-38)19(2)36(29)69-66-15-44(47,48)45(49,50)46(51,52)53)24(56(33)23(13-54)31-30(21)57(31)32)14-63-40(59)43(16-70-39)22-12-25(61-6)26(11-20(22)8-9-55-43)67-41(60)68-42(3,4)5/h10-12,23-24,30-33,39,55,58H,8-9,14-17H2,1-7H3/t23-,24-,30?,31+,32+,33?,39+,43+,57?/m0/s1. The van der Waals surface area contributed by atoms with E-state index in [0.29, 0.717) is 28.7 Å². The van der Waals surface area contributed by atoms with Gasteiger partial charge in [0.25, 0.3) is 0 Å². The summed E-state index contributed by atoms with van der Waals surface area (Å²) < 4.78 is 138. The van der Waals surface area contributed by atoms with Gasteiger partial charge in [0.1, 0.15) is 18.2 Å². The number of fused-ring (bicyclic) bond motifs is 9. The van der Waals surface area contributed by atoms with Crippen molar-refractivity contribution in [3.8, 4) is 46.3 Å². The quantitative estimate of drug-likeness (QED) is 0.0560. The molecule has 0 amide bonds. The number of thioether (sulfide) groups is 1. The van der Waals surface area contributed by atoms with Gasteiger partial charge in [-0.1, -0.05) is 6.07 Å². The summed E-state index contributed by atoms with van der Waals surface area (Å²) in [6.07, 6.45) is -7.33. The van der Waals surface area contributed by atoms with E-state index < -0.39 is 95.7 Å². The topological polar surface area (TPSA) is 180 Å². The van der Waals surface area contributed by atoms with Gasteiger partial charge < -0.3 is 43.2 Å². The molecule has 0 saturated carbocycles. The summed E-state index contributed by atoms with van der Waals surface area (Å²) in [6.45, 7) is 4.92. The summed E-state index contributed by atoms with van der Waals surface area (Å²) in [5.74, 6) is -13.5. The molecule has 0 aliphatic carbocycles. The summed E-state index contributed by atoms with van der Waals surface area (Å²) >= 11 is 1.12. The summed E-state index contributed by atoms with van der Waals surface area (Å²) in [7, 11) is 2.73. The molecule has 8 aliphatic heterocycles. The number of phenolic OH excluding ortho intramolecular Hbond substituents is 1. The average molecular weight is 1010 g/mol. The van der Waals surface area contributed by atoms with Crippen LogP contribution in [0.2, 0.25) is 0 Å². The molecule has 0 radical (unpaired) electrons. The predicted molar refractivity (Wildman–Crippen MR) is 228 cm³/mol. The molecule has 8 aliphatic rings. The Balaban J connectivity index is 1.16. The largest absolute Gasteiger partial charge is 0.514 e. The lowest BCUT2D eigenvalue weighted by molar-refractivity contribution is -0.378. The van der Waals surface area contributed by atoms with E-state index in [4.69, 9.17) is 42.9 Å². The summed E-state index contributed by atoms with van der Waals surface area (Å²) in [5, 5.41) is 25.5. The molecule has 3 aromatic rings. The highest BCUT2D eigenvalue weighted by Crippen LogP contribution is 2.72. The zero-order chi connectivity index (χ0) is 50.4. The lowest BCUT2D eigenvalue weighted by atomic mass is 9.76. The van der Waals surface area contributed by atoms with Gasteiger partial charge in [-0.25, -0.2) is 9.59 Å². The van der Waals surface area contributed by atoms with Crippen LogP contribution in [0.4, 0.5) is 35.5 Å². The van der Waals surface area contributed by atoms with Gasteiger partial charge in [0.2, 0.25) is 6.79 Å². The van der Waals surface area contributed by atoms with Gasteiger partial charge >= 0.3 is 30.1 Å². The molecule has 3 fully saturated rings. The molecule has 2 bridgehead atoms. The van der Waals surface area contributed by atoms with Gasteiger partial charge in [-0.3, -0.25) is 15.1 Å². The van der Waals surface area contributed by atoms with Crippen molar-refractivity contribution >= 4 is 23.9 Å². The first-order valence-corrected chi connectivity index (χ1v) is 23.1. The fourth-order valence-corrected chi connectivity index (χ4v) is 12.9. The predicted octanol–water partition coefficient (Wildman–Crippen LogP) is 7.70. The molecule has 3 saturated heterocycles. The van der Waals surface area contributed by atoms with E-state index >= 15 is 4.79 Å². The Kier molecular flexibility index (Phi) is 11.1. The molecule has 8 heterocycles. The third kappa shape index (κ3) is 6.92. The Morgan fingerprint density at radius 2 is 1.67 bits per heavy atom. The number of nitrogens with zero attached hydrogens (tertiary/aromatic N) is 3. The zero-order valence-electron chi connectivity index (χ0n) is 38.3. The molecule has 9 atom stereocenters. The minimum atomic E-state index is -6.65. The van der Waals surface area contributed by atoms with E-state index in [-0.39, 0.29) is 76.3 Å². The third-order valence-electron chi connectivity index (χ3n) is 14.0. The molecule has 3 unspecified atom stereocenters. The van der Waals surface area contributed by atoms with E-state index in [1.165, 1.54) is 27.2 Å². The first-order chi connectivity index (χ1) is 32.9. The lowest BCUT2D eigenvalue weighted by Gasteiger charge is -2.55. The average Bonchev–Trinajstić information content (AvgIpc) is 3.62. The first kappa shape index (κ1) is 48.0. The third-order valence-corrected chi connectivity index (χ3v) is 15.5. The fraction of sp³-hybridized carbons (Fsp3) is 0.543. The van der Waals surface area contributed by atoms with Gasteiger partial charge in [-0.05, 0) is 75.4 Å². The molecule has 3 aromatic carbocycles. The van der Waals surface area contributed by atoms with Crippen molar-refractivity contribution in [1.82, 2.24) is 15.1 Å². The number of halogens is 7. The molecule has 0 aromatic heterocycles. The molecule has 11 rings (SSSR count). The van der Waals surface area contributed by atoms with Crippen LogP contribution in [-0.2, 0) is 31.1 Å². The van der Waals surface area contributed by atoms with Crippen molar-refractivity contribution in [3.63, 3.8) is 0 Å². The lowest BCUT2D eigenvalue weighted by Crippen LogP contribution is -2.62. The minimum Gasteiger partial charge on any atom is -0.504 e. The number of esters is 1. The monoisotopic (exact) mass is 1010 g/mol. The van der Waals surface area contributed by atoms with Gasteiger partial charge in [0, 0.05) is 40.6 Å². The van der Waals surface area contributed by atoms with Crippen LogP contribution in [0, 0.1) is 25.2 Å². The molecule has 16 nitrogen and oxygen atoms in total. The maximum atomic E-state index is 15.0. The van der Waals surface area contributed by atoms with E-state index in [1.807, 2.05) is 11.0 Å². The molecule has 2 N–H and O–H groups in total. The number of ether oxygens (including phenoxy) is 7. The van der Waals surface area contributed by atoms with Crippen LogP contribution < -0.4 is 33.9 Å². The van der Waals surface area contributed by atoms with Crippen LogP contribution in [0.1, 0.15) is 88.7 Å². The Bertz CT molecular complexity index is 2770. The van der Waals surface area contributed by atoms with Crippen molar-refractivity contribution in [3.05, 3.63) is 62.7 Å². The number of nitrogens with one attached hydrogen (secondary N) is 1. The second kappa shape index (κ2) is 16.2. The fourth-order valence-electron chi connectivity index (χ4n) is 11.2. The van der Waals surface area contributed by atoms with Crippen molar-refractivity contribution in [2.45, 2.75) is 112 Å².